The van der Waals surface area contributed by atoms with Gasteiger partial charge in [0, 0.05) is 6.07 Å². The van der Waals surface area contributed by atoms with Crippen molar-refractivity contribution in [2.24, 2.45) is 0 Å². The standard InChI is InChI=1S/C13H11NO7S.C13H12O5S.K/c1-21-12(15)7-8-5-6-11(22(18,19)20)13-9(8)3-2-4-10(13)14(16)17;1-18-13(14)8-9-6-7-12(19(15,16)17)11-5-3-2-4-10(9)11;/h2-6H,7H2,1H3,(H,18,19,20);2-7H,8H2,1H3,(H,15,16,17);/q;;+1/p-1. The maximum atomic E-state index is 11.5. The number of hydrogen-bond donors (Lipinski definition) is 1. The van der Waals surface area contributed by atoms with Gasteiger partial charge < -0.3 is 14.0 Å². The van der Waals surface area contributed by atoms with Gasteiger partial charge in [-0.2, -0.15) is 8.42 Å². The van der Waals surface area contributed by atoms with Crippen LogP contribution in [0.1, 0.15) is 11.1 Å². The third kappa shape index (κ3) is 8.39. The summed E-state index contributed by atoms with van der Waals surface area (Å²) in [4.78, 5) is 32.2. The van der Waals surface area contributed by atoms with Crippen LogP contribution in [0.2, 0.25) is 0 Å². The summed E-state index contributed by atoms with van der Waals surface area (Å²) in [6.07, 6.45) is -0.157. The Hall–Kier alpha value is -2.80. The van der Waals surface area contributed by atoms with Crippen LogP contribution in [0.15, 0.2) is 76.5 Å². The Morgan fingerprint density at radius 3 is 1.71 bits per heavy atom. The summed E-state index contributed by atoms with van der Waals surface area (Å²) in [5, 5.41) is 11.9. The average molecular weight is 644 g/mol. The number of rotatable bonds is 7. The third-order valence-electron chi connectivity index (χ3n) is 5.91. The minimum atomic E-state index is -4.66. The number of nitro benzene ring substituents is 1. The van der Waals surface area contributed by atoms with Crippen LogP contribution < -0.4 is 51.4 Å². The molecule has 0 aliphatic rings. The van der Waals surface area contributed by atoms with E-state index in [0.717, 1.165) is 12.1 Å². The van der Waals surface area contributed by atoms with Crippen molar-refractivity contribution in [3.63, 3.8) is 0 Å². The molecule has 0 aliphatic heterocycles. The van der Waals surface area contributed by atoms with E-state index in [1.807, 2.05) is 0 Å². The van der Waals surface area contributed by atoms with Crippen LogP contribution in [0.4, 0.5) is 5.69 Å². The quantitative estimate of drug-likeness (QED) is 0.0940. The number of benzene rings is 4. The van der Waals surface area contributed by atoms with Crippen LogP contribution in [0.3, 0.4) is 0 Å². The van der Waals surface area contributed by atoms with Crippen LogP contribution in [-0.2, 0) is 52.1 Å². The molecule has 0 aromatic heterocycles. The summed E-state index contributed by atoms with van der Waals surface area (Å²) < 4.78 is 74.9. The molecule has 42 heavy (non-hydrogen) atoms. The predicted molar refractivity (Wildman–Crippen MR) is 144 cm³/mol. The molecule has 0 radical (unpaired) electrons. The summed E-state index contributed by atoms with van der Waals surface area (Å²) >= 11 is 0. The number of fused-ring (bicyclic) bond motifs is 2. The molecule has 4 aromatic carbocycles. The normalized spacial score (nSPS) is 11.1. The van der Waals surface area contributed by atoms with E-state index < -0.39 is 47.7 Å². The fourth-order valence-corrected chi connectivity index (χ4v) is 5.49. The summed E-state index contributed by atoms with van der Waals surface area (Å²) in [7, 11) is -6.73. The fraction of sp³-hybridized carbons (Fsp3) is 0.154. The molecule has 0 spiro atoms. The number of carbonyl (C=O) groups is 2. The number of methoxy groups -OCH3 is 2. The molecule has 0 aliphatic carbocycles. The number of nitrogens with zero attached hydrogens (tertiary/aromatic N) is 1. The number of carbonyl (C=O) groups excluding carboxylic acids is 2. The second-order valence-electron chi connectivity index (χ2n) is 8.38. The summed E-state index contributed by atoms with van der Waals surface area (Å²) in [5.41, 5.74) is 0.504. The molecule has 0 bridgehead atoms. The number of hydrogen-bond acceptors (Lipinski definition) is 11. The van der Waals surface area contributed by atoms with Crippen molar-refractivity contribution in [3.05, 3.63) is 88.0 Å². The molecule has 0 atom stereocenters. The molecule has 0 saturated heterocycles. The van der Waals surface area contributed by atoms with Crippen LogP contribution in [0.5, 0.6) is 0 Å². The number of non-ortho nitro benzene ring substituents is 1. The van der Waals surface area contributed by atoms with Gasteiger partial charge in [0.15, 0.2) is 0 Å². The van der Waals surface area contributed by atoms with Crippen molar-refractivity contribution in [2.45, 2.75) is 22.6 Å². The molecule has 0 saturated carbocycles. The minimum Gasteiger partial charge on any atom is -0.744 e. The maximum absolute atomic E-state index is 11.5. The SMILES string of the molecule is COC(=O)Cc1ccc(S(=O)(=O)O)c2c([N+](=O)[O-])cccc12.COC(=O)Cc1ccc(S(=O)(=O)[O-])c2ccccc12.[K+]. The first-order chi connectivity index (χ1) is 19.2. The first kappa shape index (κ1) is 35.4. The van der Waals surface area contributed by atoms with Gasteiger partial charge in [-0.3, -0.25) is 24.3 Å². The van der Waals surface area contributed by atoms with E-state index in [-0.39, 0.29) is 79.9 Å². The van der Waals surface area contributed by atoms with E-state index in [4.69, 9.17) is 0 Å². The van der Waals surface area contributed by atoms with Gasteiger partial charge in [-0.05, 0) is 39.4 Å². The molecule has 4 rings (SSSR count). The second kappa shape index (κ2) is 14.6. The van der Waals surface area contributed by atoms with Crippen molar-refractivity contribution in [3.8, 4) is 0 Å². The molecular weight excluding hydrogens is 622 g/mol. The molecule has 0 amide bonds. The van der Waals surface area contributed by atoms with Gasteiger partial charge in [-0.1, -0.05) is 48.5 Å². The topological polar surface area (TPSA) is 207 Å². The van der Waals surface area contributed by atoms with E-state index in [1.165, 1.54) is 44.6 Å². The maximum Gasteiger partial charge on any atom is 1.00 e. The van der Waals surface area contributed by atoms with Gasteiger partial charge in [-0.15, -0.1) is 0 Å². The first-order valence-corrected chi connectivity index (χ1v) is 14.3. The molecular formula is C26H22KNO12S2. The molecule has 13 nitrogen and oxygen atoms in total. The molecule has 0 unspecified atom stereocenters. The summed E-state index contributed by atoms with van der Waals surface area (Å²) in [6, 6.07) is 15.5. The Bertz CT molecular complexity index is 1890. The fourth-order valence-electron chi connectivity index (χ4n) is 4.10. The van der Waals surface area contributed by atoms with E-state index >= 15 is 0 Å². The van der Waals surface area contributed by atoms with E-state index in [2.05, 4.69) is 9.47 Å². The van der Waals surface area contributed by atoms with Gasteiger partial charge in [0.05, 0.1) is 42.3 Å². The third-order valence-corrected chi connectivity index (χ3v) is 7.70. The van der Waals surface area contributed by atoms with Crippen LogP contribution in [-0.4, -0.2) is 57.0 Å². The summed E-state index contributed by atoms with van der Waals surface area (Å²) in [6.45, 7) is 0. The molecule has 4 aromatic rings. The largest absolute Gasteiger partial charge is 1.00 e. The number of ether oxygens (including phenoxy) is 2. The van der Waals surface area contributed by atoms with Gasteiger partial charge in [-0.25, -0.2) is 8.42 Å². The van der Waals surface area contributed by atoms with Crippen molar-refractivity contribution >= 4 is 59.4 Å². The first-order valence-electron chi connectivity index (χ1n) is 11.5. The molecule has 0 heterocycles. The monoisotopic (exact) mass is 643 g/mol. The predicted octanol–water partition coefficient (Wildman–Crippen LogP) is 0.174. The van der Waals surface area contributed by atoms with Crippen LogP contribution >= 0.6 is 0 Å². The van der Waals surface area contributed by atoms with Crippen molar-refractivity contribution in [1.82, 2.24) is 0 Å². The summed E-state index contributed by atoms with van der Waals surface area (Å²) in [5.74, 6) is -1.00. The molecule has 0 fully saturated rings. The van der Waals surface area contributed by atoms with Gasteiger partial charge >= 0.3 is 63.3 Å². The second-order valence-corrected chi connectivity index (χ2v) is 11.1. The van der Waals surface area contributed by atoms with Gasteiger partial charge in [0.1, 0.15) is 15.0 Å². The zero-order valence-corrected chi connectivity index (χ0v) is 27.2. The zero-order valence-electron chi connectivity index (χ0n) is 22.5. The van der Waals surface area contributed by atoms with Gasteiger partial charge in [0.25, 0.3) is 15.8 Å². The molecule has 1 N–H and O–H groups in total. The van der Waals surface area contributed by atoms with E-state index in [0.29, 0.717) is 21.9 Å². The average Bonchev–Trinajstić information content (AvgIpc) is 2.91. The van der Waals surface area contributed by atoms with Crippen molar-refractivity contribution < 1.29 is 101 Å². The van der Waals surface area contributed by atoms with Crippen LogP contribution in [0, 0.1) is 10.1 Å². The van der Waals surface area contributed by atoms with E-state index in [1.54, 1.807) is 24.3 Å². The van der Waals surface area contributed by atoms with Crippen molar-refractivity contribution in [1.29, 1.82) is 0 Å². The zero-order chi connectivity index (χ0) is 30.5. The van der Waals surface area contributed by atoms with Crippen molar-refractivity contribution in [2.75, 3.05) is 14.2 Å². The Morgan fingerprint density at radius 2 is 1.24 bits per heavy atom. The number of nitro groups is 1. The Morgan fingerprint density at radius 1 is 0.762 bits per heavy atom. The van der Waals surface area contributed by atoms with Gasteiger partial charge in [0.2, 0.25) is 0 Å². The Balaban J connectivity index is 0.000000289. The molecule has 16 heteroatoms. The number of esters is 2. The Kier molecular flexibility index (Phi) is 12.3. The minimum absolute atomic E-state index is 0. The smallest absolute Gasteiger partial charge is 0.744 e. The van der Waals surface area contributed by atoms with Crippen LogP contribution in [0.25, 0.3) is 21.5 Å². The van der Waals surface area contributed by atoms with E-state index in [9.17, 15) is 45.6 Å². The molecule has 216 valence electrons. The Labute approximate surface area is 282 Å².